The Hall–Kier alpha value is -3.80. The van der Waals surface area contributed by atoms with Crippen molar-refractivity contribution in [1.82, 2.24) is 4.98 Å². The van der Waals surface area contributed by atoms with E-state index in [1.54, 1.807) is 24.4 Å². The molecule has 0 aliphatic carbocycles. The summed E-state index contributed by atoms with van der Waals surface area (Å²) in [5.41, 5.74) is 8.87. The summed E-state index contributed by atoms with van der Waals surface area (Å²) in [5, 5.41) is 9.33. The summed E-state index contributed by atoms with van der Waals surface area (Å²) >= 11 is 0. The highest BCUT2D eigenvalue weighted by molar-refractivity contribution is 6.03. The van der Waals surface area contributed by atoms with Crippen molar-refractivity contribution < 1.29 is 4.79 Å². The van der Waals surface area contributed by atoms with Gasteiger partial charge in [0.2, 0.25) is 5.91 Å². The van der Waals surface area contributed by atoms with Gasteiger partial charge in [-0.25, -0.2) is 4.98 Å². The first kappa shape index (κ1) is 19.0. The summed E-state index contributed by atoms with van der Waals surface area (Å²) in [4.78, 5) is 16.4. The number of anilines is 4. The van der Waals surface area contributed by atoms with Crippen LogP contribution in [0.5, 0.6) is 0 Å². The molecule has 0 spiro atoms. The number of pyridine rings is 1. The van der Waals surface area contributed by atoms with Gasteiger partial charge in [0, 0.05) is 31.0 Å². The van der Waals surface area contributed by atoms with E-state index in [-0.39, 0.29) is 5.91 Å². The molecule has 0 radical (unpaired) electrons. The normalized spacial score (nSPS) is 10.6. The molecule has 6 heteroatoms. The number of nitrogen functional groups attached to an aromatic ring is 1. The minimum Gasteiger partial charge on any atom is -0.397 e. The second-order valence-corrected chi connectivity index (χ2v) is 6.11. The molecule has 0 aliphatic rings. The van der Waals surface area contributed by atoms with Crippen LogP contribution in [0.1, 0.15) is 5.56 Å². The summed E-state index contributed by atoms with van der Waals surface area (Å²) in [7, 11) is 0. The fourth-order valence-electron chi connectivity index (χ4n) is 2.52. The van der Waals surface area contributed by atoms with Crippen molar-refractivity contribution in [2.24, 2.45) is 0 Å². The van der Waals surface area contributed by atoms with E-state index in [4.69, 9.17) is 5.73 Å². The molecular weight excluding hydrogens is 350 g/mol. The minimum atomic E-state index is -0.243. The number of nitrogens with two attached hydrogens (primary N) is 1. The molecule has 0 aliphatic heterocycles. The molecule has 1 amide bonds. The Bertz CT molecular complexity index is 923. The molecule has 0 saturated heterocycles. The SMILES string of the molecule is Nc1ccccc1NC(=O)/C=C\c1ccc(NCCNc2ccccc2)nc1. The van der Waals surface area contributed by atoms with E-state index in [1.807, 2.05) is 54.6 Å². The summed E-state index contributed by atoms with van der Waals surface area (Å²) in [5.74, 6) is 0.542. The van der Waals surface area contributed by atoms with Crippen LogP contribution in [0.25, 0.3) is 6.08 Å². The van der Waals surface area contributed by atoms with Crippen LogP contribution >= 0.6 is 0 Å². The first-order valence-corrected chi connectivity index (χ1v) is 9.03. The van der Waals surface area contributed by atoms with Crippen molar-refractivity contribution in [3.8, 4) is 0 Å². The second-order valence-electron chi connectivity index (χ2n) is 6.11. The molecule has 142 valence electrons. The Morgan fingerprint density at radius 2 is 1.68 bits per heavy atom. The maximum absolute atomic E-state index is 12.0. The lowest BCUT2D eigenvalue weighted by Crippen LogP contribution is -2.14. The smallest absolute Gasteiger partial charge is 0.248 e. The fraction of sp³-hybridized carbons (Fsp3) is 0.0909. The fourth-order valence-corrected chi connectivity index (χ4v) is 2.52. The maximum atomic E-state index is 12.0. The van der Waals surface area contributed by atoms with E-state index >= 15 is 0 Å². The molecule has 1 heterocycles. The number of hydrogen-bond acceptors (Lipinski definition) is 5. The quantitative estimate of drug-likeness (QED) is 0.274. The van der Waals surface area contributed by atoms with Crippen molar-refractivity contribution in [3.05, 3.63) is 84.6 Å². The maximum Gasteiger partial charge on any atom is 0.248 e. The van der Waals surface area contributed by atoms with Crippen LogP contribution in [0.4, 0.5) is 22.9 Å². The molecule has 1 aromatic heterocycles. The van der Waals surface area contributed by atoms with Gasteiger partial charge in [0.1, 0.15) is 5.82 Å². The van der Waals surface area contributed by atoms with Gasteiger partial charge in [-0.3, -0.25) is 4.79 Å². The van der Waals surface area contributed by atoms with Crippen molar-refractivity contribution in [2.45, 2.75) is 0 Å². The zero-order valence-electron chi connectivity index (χ0n) is 15.4. The van der Waals surface area contributed by atoms with E-state index in [0.717, 1.165) is 30.2 Å². The molecule has 3 aromatic rings. The molecule has 28 heavy (non-hydrogen) atoms. The number of carbonyl (C=O) groups excluding carboxylic acids is 1. The second kappa shape index (κ2) is 9.78. The van der Waals surface area contributed by atoms with E-state index in [1.165, 1.54) is 6.08 Å². The van der Waals surface area contributed by atoms with Crippen LogP contribution in [0.3, 0.4) is 0 Å². The molecule has 6 nitrogen and oxygen atoms in total. The summed E-state index contributed by atoms with van der Waals surface area (Å²) < 4.78 is 0. The number of rotatable bonds is 8. The van der Waals surface area contributed by atoms with Crippen LogP contribution in [0, 0.1) is 0 Å². The lowest BCUT2D eigenvalue weighted by Gasteiger charge is -2.08. The van der Waals surface area contributed by atoms with Crippen molar-refractivity contribution in [1.29, 1.82) is 0 Å². The van der Waals surface area contributed by atoms with Crippen LogP contribution in [-0.4, -0.2) is 24.0 Å². The predicted molar refractivity (Wildman–Crippen MR) is 116 cm³/mol. The number of nitrogens with zero attached hydrogens (tertiary/aromatic N) is 1. The minimum absolute atomic E-state index is 0.243. The van der Waals surface area contributed by atoms with Crippen LogP contribution < -0.4 is 21.7 Å². The molecular formula is C22H23N5O. The Balaban J connectivity index is 1.44. The van der Waals surface area contributed by atoms with Crippen molar-refractivity contribution in [2.75, 3.05) is 34.8 Å². The largest absolute Gasteiger partial charge is 0.397 e. The average Bonchev–Trinajstić information content (AvgIpc) is 2.73. The number of para-hydroxylation sites is 3. The van der Waals surface area contributed by atoms with Crippen molar-refractivity contribution in [3.63, 3.8) is 0 Å². The molecule has 0 fully saturated rings. The first-order chi connectivity index (χ1) is 13.7. The number of hydrogen-bond donors (Lipinski definition) is 4. The highest BCUT2D eigenvalue weighted by Crippen LogP contribution is 2.16. The van der Waals surface area contributed by atoms with E-state index in [9.17, 15) is 4.79 Å². The van der Waals surface area contributed by atoms with Gasteiger partial charge in [-0.05, 0) is 48.0 Å². The Labute approximate surface area is 164 Å². The lowest BCUT2D eigenvalue weighted by atomic mass is 10.2. The number of carbonyl (C=O) groups is 1. The average molecular weight is 373 g/mol. The van der Waals surface area contributed by atoms with Crippen molar-refractivity contribution >= 4 is 34.9 Å². The third-order valence-electron chi connectivity index (χ3n) is 3.97. The molecule has 2 aromatic carbocycles. The van der Waals surface area contributed by atoms with Crippen LogP contribution in [-0.2, 0) is 4.79 Å². The molecule has 3 rings (SSSR count). The zero-order chi connectivity index (χ0) is 19.6. The third kappa shape index (κ3) is 5.88. The van der Waals surface area contributed by atoms with E-state index in [2.05, 4.69) is 20.9 Å². The number of aromatic nitrogens is 1. The first-order valence-electron chi connectivity index (χ1n) is 9.03. The van der Waals surface area contributed by atoms with Crippen LogP contribution in [0.2, 0.25) is 0 Å². The lowest BCUT2D eigenvalue weighted by molar-refractivity contribution is -0.111. The van der Waals surface area contributed by atoms with Gasteiger partial charge >= 0.3 is 0 Å². The van der Waals surface area contributed by atoms with Gasteiger partial charge < -0.3 is 21.7 Å². The van der Waals surface area contributed by atoms with E-state index in [0.29, 0.717) is 11.4 Å². The van der Waals surface area contributed by atoms with Gasteiger partial charge in [0.15, 0.2) is 0 Å². The number of amides is 1. The van der Waals surface area contributed by atoms with Gasteiger partial charge in [-0.15, -0.1) is 0 Å². The highest BCUT2D eigenvalue weighted by Gasteiger charge is 2.01. The Morgan fingerprint density at radius 1 is 0.929 bits per heavy atom. The third-order valence-corrected chi connectivity index (χ3v) is 3.97. The van der Waals surface area contributed by atoms with Gasteiger partial charge in [0.05, 0.1) is 11.4 Å². The predicted octanol–water partition coefficient (Wildman–Crippen LogP) is 3.84. The molecule has 0 unspecified atom stereocenters. The summed E-state index contributed by atoms with van der Waals surface area (Å²) in [6.07, 6.45) is 4.89. The van der Waals surface area contributed by atoms with E-state index < -0.39 is 0 Å². The van der Waals surface area contributed by atoms with Gasteiger partial charge in [-0.2, -0.15) is 0 Å². The Morgan fingerprint density at radius 3 is 2.43 bits per heavy atom. The van der Waals surface area contributed by atoms with Gasteiger partial charge in [-0.1, -0.05) is 30.3 Å². The zero-order valence-corrected chi connectivity index (χ0v) is 15.4. The standard InChI is InChI=1S/C22H23N5O/c23-19-8-4-5-9-20(19)27-22(28)13-11-17-10-12-21(26-16-17)25-15-14-24-18-6-2-1-3-7-18/h1-13,16,24H,14-15,23H2,(H,25,26)(H,27,28)/b13-11-. The Kier molecular flexibility index (Phi) is 6.62. The molecule has 0 bridgehead atoms. The summed E-state index contributed by atoms with van der Waals surface area (Å²) in [6, 6.07) is 21.0. The monoisotopic (exact) mass is 373 g/mol. The summed E-state index contributed by atoms with van der Waals surface area (Å²) in [6.45, 7) is 1.54. The topological polar surface area (TPSA) is 92.1 Å². The number of nitrogens with one attached hydrogen (secondary N) is 3. The molecule has 0 saturated carbocycles. The molecule has 0 atom stereocenters. The highest BCUT2D eigenvalue weighted by atomic mass is 16.1. The number of benzene rings is 2. The van der Waals surface area contributed by atoms with Gasteiger partial charge in [0.25, 0.3) is 0 Å². The van der Waals surface area contributed by atoms with Crippen LogP contribution in [0.15, 0.2) is 79.0 Å². The molecule has 5 N–H and O–H groups in total.